The maximum atomic E-state index is 3.78. The molecule has 0 bridgehead atoms. The highest BCUT2D eigenvalue weighted by molar-refractivity contribution is 6.14. The molecule has 0 spiro atoms. The van der Waals surface area contributed by atoms with Gasteiger partial charge in [0.1, 0.15) is 0 Å². The monoisotopic (exact) mass is 747 g/mol. The van der Waals surface area contributed by atoms with Gasteiger partial charge in [-0.05, 0) is 106 Å². The zero-order valence-corrected chi connectivity index (χ0v) is 33.4. The van der Waals surface area contributed by atoms with Crippen molar-refractivity contribution in [3.8, 4) is 16.8 Å². The average molecular weight is 748 g/mol. The van der Waals surface area contributed by atoms with E-state index in [-0.39, 0.29) is 29.0 Å². The Balaban J connectivity index is 1.10. The number of likely N-dealkylation sites (N-methyl/N-ethyl adjacent to an activating group) is 1. The molecule has 3 nitrogen and oxygen atoms in total. The second-order valence-electron chi connectivity index (χ2n) is 17.5. The lowest BCUT2D eigenvalue weighted by molar-refractivity contribution is 0.133. The summed E-state index contributed by atoms with van der Waals surface area (Å²) < 4.78 is 2.54. The third-order valence-electron chi connectivity index (χ3n) is 14.2. The first-order chi connectivity index (χ1) is 28.3. The Kier molecular flexibility index (Phi) is 7.00. The quantitative estimate of drug-likeness (QED) is 0.195. The van der Waals surface area contributed by atoms with Gasteiger partial charge in [-0.3, -0.25) is 4.90 Å². The summed E-state index contributed by atoms with van der Waals surface area (Å²) in [6.07, 6.45) is 27.3. The number of rotatable bonds is 3. The molecule has 6 aromatic rings. The first-order valence-electron chi connectivity index (χ1n) is 20.8. The van der Waals surface area contributed by atoms with Gasteiger partial charge in [0.25, 0.3) is 0 Å². The van der Waals surface area contributed by atoms with E-state index in [1.165, 1.54) is 94.4 Å². The predicted molar refractivity (Wildman–Crippen MR) is 243 cm³/mol. The second-order valence-corrected chi connectivity index (χ2v) is 17.5. The van der Waals surface area contributed by atoms with Gasteiger partial charge < -0.3 is 9.88 Å². The molecule has 4 aliphatic carbocycles. The molecular weight excluding hydrogens is 703 g/mol. The van der Waals surface area contributed by atoms with Crippen molar-refractivity contribution >= 4 is 38.6 Å². The second kappa shape index (κ2) is 12.0. The van der Waals surface area contributed by atoms with Gasteiger partial charge in [-0.2, -0.15) is 0 Å². The lowest BCUT2D eigenvalue weighted by Crippen LogP contribution is -2.56. The molecule has 3 heteroatoms. The van der Waals surface area contributed by atoms with Gasteiger partial charge in [0.2, 0.25) is 0 Å². The van der Waals surface area contributed by atoms with Crippen LogP contribution in [0.2, 0.25) is 0 Å². The van der Waals surface area contributed by atoms with Gasteiger partial charge in [-0.15, -0.1) is 0 Å². The van der Waals surface area contributed by atoms with E-state index in [1.54, 1.807) is 0 Å². The summed E-state index contributed by atoms with van der Waals surface area (Å²) in [5, 5.41) is 6.35. The largest absolute Gasteiger partial charge is 0.374 e. The molecule has 4 unspecified atom stereocenters. The van der Waals surface area contributed by atoms with Crippen molar-refractivity contribution in [2.45, 2.75) is 43.8 Å². The molecule has 0 amide bonds. The van der Waals surface area contributed by atoms with Gasteiger partial charge in [0.05, 0.1) is 23.1 Å². The van der Waals surface area contributed by atoms with E-state index < -0.39 is 0 Å². The third-order valence-corrected chi connectivity index (χ3v) is 14.2. The van der Waals surface area contributed by atoms with E-state index in [0.717, 1.165) is 0 Å². The van der Waals surface area contributed by atoms with Crippen LogP contribution in [0.5, 0.6) is 0 Å². The highest BCUT2D eigenvalue weighted by Crippen LogP contribution is 2.55. The van der Waals surface area contributed by atoms with Crippen LogP contribution in [0.3, 0.4) is 0 Å². The zero-order chi connectivity index (χ0) is 38.9. The Morgan fingerprint density at radius 2 is 1.40 bits per heavy atom. The summed E-state index contributed by atoms with van der Waals surface area (Å²) in [7, 11) is 2.28. The van der Waals surface area contributed by atoms with Crippen LogP contribution in [0.4, 0.5) is 5.69 Å². The molecule has 2 aliphatic heterocycles. The number of fused-ring (bicyclic) bond motifs is 11. The summed E-state index contributed by atoms with van der Waals surface area (Å²) >= 11 is 0. The van der Waals surface area contributed by atoms with Crippen molar-refractivity contribution in [3.05, 3.63) is 215 Å². The van der Waals surface area contributed by atoms with Crippen molar-refractivity contribution in [2.75, 3.05) is 12.4 Å². The minimum atomic E-state index is -0.222. The normalized spacial score (nSPS) is 24.4. The standard InChI is InChI=1S/C55H45N3/c1-54(2)44-29-25-35(51-41-20-10-13-24-48(41)57(4)55(3)31-15-14-21-45(51)55)32-42(44)37-27-28-38-43-33-34(26-30-49(43)58(53(38)52(37)54)36-16-6-5-7-17-36)50-39-18-8-11-22-46(39)56-47-23-12-9-19-40(47)50/h5-33,45-46,48,56H,1-4H3. The van der Waals surface area contributed by atoms with Crippen LogP contribution in [0, 0.1) is 5.92 Å². The molecule has 280 valence electrons. The summed E-state index contributed by atoms with van der Waals surface area (Å²) in [4.78, 5) is 2.55. The van der Waals surface area contributed by atoms with E-state index in [0.29, 0.717) is 0 Å². The van der Waals surface area contributed by atoms with Gasteiger partial charge in [0.15, 0.2) is 0 Å². The number of hydrogen-bond donors (Lipinski definition) is 1. The van der Waals surface area contributed by atoms with Crippen molar-refractivity contribution in [3.63, 3.8) is 0 Å². The number of hydrogen-bond acceptors (Lipinski definition) is 2. The molecule has 0 saturated carbocycles. The number of nitrogens with zero attached hydrogens (tertiary/aromatic N) is 2. The molecule has 4 atom stereocenters. The van der Waals surface area contributed by atoms with Gasteiger partial charge in [0, 0.05) is 44.6 Å². The van der Waals surface area contributed by atoms with Crippen LogP contribution in [0.25, 0.3) is 49.8 Å². The number of para-hydroxylation sites is 2. The summed E-state index contributed by atoms with van der Waals surface area (Å²) in [5.74, 6) is 0.243. The molecule has 1 aromatic heterocycles. The number of anilines is 1. The number of aromatic nitrogens is 1. The summed E-state index contributed by atoms with van der Waals surface area (Å²) in [5.41, 5.74) is 19.3. The molecule has 0 radical (unpaired) electrons. The topological polar surface area (TPSA) is 20.2 Å². The molecule has 58 heavy (non-hydrogen) atoms. The Labute approximate surface area is 340 Å². The zero-order valence-electron chi connectivity index (χ0n) is 33.4. The van der Waals surface area contributed by atoms with E-state index >= 15 is 0 Å². The van der Waals surface area contributed by atoms with Crippen molar-refractivity contribution in [2.24, 2.45) is 5.92 Å². The molecule has 3 heterocycles. The van der Waals surface area contributed by atoms with E-state index in [1.807, 2.05) is 0 Å². The first kappa shape index (κ1) is 33.7. The molecule has 6 aliphatic rings. The van der Waals surface area contributed by atoms with Gasteiger partial charge in [-0.1, -0.05) is 153 Å². The van der Waals surface area contributed by atoms with E-state index in [9.17, 15) is 0 Å². The fourth-order valence-corrected chi connectivity index (χ4v) is 11.4. The fraction of sp³-hybridized carbons (Fsp3) is 0.164. The molecule has 1 N–H and O–H groups in total. The molecule has 0 saturated heterocycles. The number of benzene rings is 5. The molecule has 12 rings (SSSR count). The SMILES string of the molecule is CN1C2C=CC=CC2=C(c2ccc3c(c2)-c2ccc4c5cc(C6=C7C=CC=CC7Nc7ccccc76)ccc5n(-c5ccccc5)c4c2C3(C)C)C2C=CC=CC21C. The highest BCUT2D eigenvalue weighted by Gasteiger charge is 2.47. The Morgan fingerprint density at radius 1 is 0.621 bits per heavy atom. The molecular formula is C55H45N3. The van der Waals surface area contributed by atoms with Crippen molar-refractivity contribution < 1.29 is 0 Å². The van der Waals surface area contributed by atoms with Crippen LogP contribution < -0.4 is 5.32 Å². The lowest BCUT2D eigenvalue weighted by atomic mass is 9.67. The average Bonchev–Trinajstić information content (AvgIpc) is 3.71. The first-order valence-corrected chi connectivity index (χ1v) is 20.8. The Hall–Kier alpha value is -6.42. The Bertz CT molecular complexity index is 3040. The van der Waals surface area contributed by atoms with Gasteiger partial charge >= 0.3 is 0 Å². The van der Waals surface area contributed by atoms with Crippen LogP contribution >= 0.6 is 0 Å². The number of nitrogens with one attached hydrogen (secondary N) is 1. The smallest absolute Gasteiger partial charge is 0.0707 e. The maximum absolute atomic E-state index is 3.78. The minimum Gasteiger partial charge on any atom is -0.374 e. The highest BCUT2D eigenvalue weighted by atomic mass is 15.2. The van der Waals surface area contributed by atoms with Gasteiger partial charge in [-0.25, -0.2) is 0 Å². The van der Waals surface area contributed by atoms with Crippen LogP contribution in [-0.4, -0.2) is 34.1 Å². The van der Waals surface area contributed by atoms with Crippen LogP contribution in [0.1, 0.15) is 48.6 Å². The van der Waals surface area contributed by atoms with Crippen LogP contribution in [-0.2, 0) is 5.41 Å². The Morgan fingerprint density at radius 3 is 2.28 bits per heavy atom. The third kappa shape index (κ3) is 4.48. The van der Waals surface area contributed by atoms with E-state index in [2.05, 4.69) is 219 Å². The lowest BCUT2D eigenvalue weighted by Gasteiger charge is -2.52. The summed E-state index contributed by atoms with van der Waals surface area (Å²) in [6.45, 7) is 7.27. The molecule has 0 fully saturated rings. The maximum Gasteiger partial charge on any atom is 0.0707 e. The van der Waals surface area contributed by atoms with Crippen molar-refractivity contribution in [1.29, 1.82) is 0 Å². The van der Waals surface area contributed by atoms with E-state index in [4.69, 9.17) is 0 Å². The number of allylic oxidation sites excluding steroid dienone is 6. The minimum absolute atomic E-state index is 0.122. The van der Waals surface area contributed by atoms with Crippen molar-refractivity contribution in [1.82, 2.24) is 9.47 Å². The predicted octanol–water partition coefficient (Wildman–Crippen LogP) is 12.5. The molecule has 5 aromatic carbocycles. The van der Waals surface area contributed by atoms with Crippen LogP contribution in [0.15, 0.2) is 187 Å². The fourth-order valence-electron chi connectivity index (χ4n) is 11.4. The summed E-state index contributed by atoms with van der Waals surface area (Å²) in [6, 6.07) is 39.5.